The van der Waals surface area contributed by atoms with Gasteiger partial charge in [0.2, 0.25) is 0 Å². The normalized spacial score (nSPS) is 23.2. The molecule has 0 aromatic carbocycles. The highest BCUT2D eigenvalue weighted by molar-refractivity contribution is 7.90. The predicted octanol–water partition coefficient (Wildman–Crippen LogP) is 1.15. The number of sulfone groups is 1. The van der Waals surface area contributed by atoms with Gasteiger partial charge in [0.15, 0.2) is 9.84 Å². The first-order valence-electron chi connectivity index (χ1n) is 6.02. The summed E-state index contributed by atoms with van der Waals surface area (Å²) in [5.41, 5.74) is 0. The zero-order valence-electron chi connectivity index (χ0n) is 10.5. The summed E-state index contributed by atoms with van der Waals surface area (Å²) >= 11 is 0. The fraction of sp³-hybridized carbons (Fsp3) is 0.500. The van der Waals surface area contributed by atoms with E-state index in [2.05, 4.69) is 10.3 Å². The van der Waals surface area contributed by atoms with Gasteiger partial charge in [0, 0.05) is 18.5 Å². The summed E-state index contributed by atoms with van der Waals surface area (Å²) in [7, 11) is -3.35. The monoisotopic (exact) mass is 284 g/mol. The zero-order valence-corrected chi connectivity index (χ0v) is 11.4. The van der Waals surface area contributed by atoms with Crippen molar-refractivity contribution in [2.24, 2.45) is 5.92 Å². The van der Waals surface area contributed by atoms with Crippen LogP contribution in [0, 0.1) is 5.92 Å². The van der Waals surface area contributed by atoms with Gasteiger partial charge in [-0.2, -0.15) is 0 Å². The second-order valence-electron chi connectivity index (χ2n) is 4.81. The first kappa shape index (κ1) is 13.8. The van der Waals surface area contributed by atoms with Gasteiger partial charge >= 0.3 is 5.97 Å². The molecule has 19 heavy (non-hydrogen) atoms. The molecule has 0 aliphatic heterocycles. The number of anilines is 1. The van der Waals surface area contributed by atoms with E-state index in [0.717, 1.165) is 6.26 Å². The SMILES string of the molecule is CS(=O)(=O)c1cccnc1N[C@H]1CC[C@@H](C(=O)O)C1. The van der Waals surface area contributed by atoms with Crippen LogP contribution in [0.2, 0.25) is 0 Å². The van der Waals surface area contributed by atoms with Crippen molar-refractivity contribution >= 4 is 21.6 Å². The van der Waals surface area contributed by atoms with Gasteiger partial charge in [0.25, 0.3) is 0 Å². The molecule has 1 aliphatic rings. The van der Waals surface area contributed by atoms with Crippen LogP contribution in [0.1, 0.15) is 19.3 Å². The van der Waals surface area contributed by atoms with Crippen LogP contribution < -0.4 is 5.32 Å². The minimum atomic E-state index is -3.35. The third-order valence-corrected chi connectivity index (χ3v) is 4.42. The number of pyridine rings is 1. The minimum Gasteiger partial charge on any atom is -0.481 e. The number of aliphatic carboxylic acids is 1. The molecule has 6 nitrogen and oxygen atoms in total. The summed E-state index contributed by atoms with van der Waals surface area (Å²) in [6.07, 6.45) is 4.45. The highest BCUT2D eigenvalue weighted by Crippen LogP contribution is 2.29. The van der Waals surface area contributed by atoms with Gasteiger partial charge in [0.1, 0.15) is 10.7 Å². The summed E-state index contributed by atoms with van der Waals surface area (Å²) in [5, 5.41) is 12.0. The van der Waals surface area contributed by atoms with Gasteiger partial charge in [-0.3, -0.25) is 4.79 Å². The number of carboxylic acids is 1. The third kappa shape index (κ3) is 3.23. The van der Waals surface area contributed by atoms with Crippen molar-refractivity contribution in [2.75, 3.05) is 11.6 Å². The molecule has 1 aromatic heterocycles. The van der Waals surface area contributed by atoms with Gasteiger partial charge < -0.3 is 10.4 Å². The van der Waals surface area contributed by atoms with E-state index in [1.807, 2.05) is 0 Å². The van der Waals surface area contributed by atoms with Gasteiger partial charge in [-0.15, -0.1) is 0 Å². The average Bonchev–Trinajstić information content (AvgIpc) is 2.77. The number of nitrogens with one attached hydrogen (secondary N) is 1. The van der Waals surface area contributed by atoms with Crippen molar-refractivity contribution in [3.05, 3.63) is 18.3 Å². The standard InChI is InChI=1S/C12H16N2O4S/c1-19(17,18)10-3-2-6-13-11(10)14-9-5-4-8(7-9)12(15)16/h2-3,6,8-9H,4-5,7H2,1H3,(H,13,14)(H,15,16)/t8-,9+/m1/s1. The maximum absolute atomic E-state index is 11.6. The molecule has 1 heterocycles. The molecule has 1 saturated carbocycles. The Balaban J connectivity index is 2.15. The summed E-state index contributed by atoms with van der Waals surface area (Å²) in [4.78, 5) is 15.1. The third-order valence-electron chi connectivity index (χ3n) is 3.29. The van der Waals surface area contributed by atoms with Crippen molar-refractivity contribution in [3.8, 4) is 0 Å². The fourth-order valence-electron chi connectivity index (χ4n) is 2.33. The van der Waals surface area contributed by atoms with Crippen molar-refractivity contribution in [1.82, 2.24) is 4.98 Å². The number of hydrogen-bond acceptors (Lipinski definition) is 5. The Morgan fingerprint density at radius 2 is 2.21 bits per heavy atom. The molecule has 104 valence electrons. The topological polar surface area (TPSA) is 96.4 Å². The van der Waals surface area contributed by atoms with Crippen LogP contribution in [0.5, 0.6) is 0 Å². The first-order chi connectivity index (χ1) is 8.88. The molecular weight excluding hydrogens is 268 g/mol. The van der Waals surface area contributed by atoms with E-state index in [9.17, 15) is 13.2 Å². The van der Waals surface area contributed by atoms with E-state index >= 15 is 0 Å². The molecule has 0 amide bonds. The van der Waals surface area contributed by atoms with E-state index in [1.54, 1.807) is 6.07 Å². The lowest BCUT2D eigenvalue weighted by Crippen LogP contribution is -2.20. The highest BCUT2D eigenvalue weighted by atomic mass is 32.2. The molecule has 2 atom stereocenters. The number of rotatable bonds is 4. The maximum atomic E-state index is 11.6. The number of carbonyl (C=O) groups is 1. The molecule has 0 unspecified atom stereocenters. The quantitative estimate of drug-likeness (QED) is 0.861. The maximum Gasteiger partial charge on any atom is 0.306 e. The van der Waals surface area contributed by atoms with Gasteiger partial charge in [-0.25, -0.2) is 13.4 Å². The predicted molar refractivity (Wildman–Crippen MR) is 69.7 cm³/mol. The highest BCUT2D eigenvalue weighted by Gasteiger charge is 2.30. The molecule has 2 N–H and O–H groups in total. The Hall–Kier alpha value is -1.63. The molecule has 0 spiro atoms. The van der Waals surface area contributed by atoms with Crippen LogP contribution >= 0.6 is 0 Å². The molecule has 7 heteroatoms. The lowest BCUT2D eigenvalue weighted by Gasteiger charge is -2.15. The molecule has 1 aromatic rings. The smallest absolute Gasteiger partial charge is 0.306 e. The van der Waals surface area contributed by atoms with E-state index < -0.39 is 15.8 Å². The number of aromatic nitrogens is 1. The largest absolute Gasteiger partial charge is 0.481 e. The Kier molecular flexibility index (Phi) is 3.75. The Bertz CT molecular complexity index is 585. The van der Waals surface area contributed by atoms with Gasteiger partial charge in [0.05, 0.1) is 5.92 Å². The van der Waals surface area contributed by atoms with Crippen molar-refractivity contribution in [2.45, 2.75) is 30.2 Å². The van der Waals surface area contributed by atoms with Crippen molar-refractivity contribution < 1.29 is 18.3 Å². The average molecular weight is 284 g/mol. The zero-order chi connectivity index (χ0) is 14.0. The van der Waals surface area contributed by atoms with Crippen LogP contribution in [-0.2, 0) is 14.6 Å². The lowest BCUT2D eigenvalue weighted by molar-refractivity contribution is -0.141. The number of carboxylic acid groups (broad SMARTS) is 1. The van der Waals surface area contributed by atoms with Crippen LogP contribution in [-0.4, -0.2) is 36.8 Å². The molecule has 2 rings (SSSR count). The van der Waals surface area contributed by atoms with Crippen molar-refractivity contribution in [3.63, 3.8) is 0 Å². The second kappa shape index (κ2) is 5.16. The van der Waals surface area contributed by atoms with Crippen LogP contribution in [0.4, 0.5) is 5.82 Å². The lowest BCUT2D eigenvalue weighted by atomic mass is 10.1. The van der Waals surface area contributed by atoms with E-state index in [4.69, 9.17) is 5.11 Å². The molecule has 1 aliphatic carbocycles. The van der Waals surface area contributed by atoms with E-state index in [0.29, 0.717) is 25.1 Å². The summed E-state index contributed by atoms with van der Waals surface area (Å²) in [6, 6.07) is 3.02. The first-order valence-corrected chi connectivity index (χ1v) is 7.91. The number of hydrogen-bond donors (Lipinski definition) is 2. The summed E-state index contributed by atoms with van der Waals surface area (Å²) in [5.74, 6) is -0.849. The Labute approximate surface area is 111 Å². The fourth-order valence-corrected chi connectivity index (χ4v) is 3.12. The molecule has 0 bridgehead atoms. The van der Waals surface area contributed by atoms with Crippen LogP contribution in [0.25, 0.3) is 0 Å². The van der Waals surface area contributed by atoms with Gasteiger partial charge in [-0.05, 0) is 31.4 Å². The van der Waals surface area contributed by atoms with E-state index in [1.165, 1.54) is 12.3 Å². The molecule has 1 fully saturated rings. The Morgan fingerprint density at radius 1 is 1.47 bits per heavy atom. The Morgan fingerprint density at radius 3 is 2.79 bits per heavy atom. The van der Waals surface area contributed by atoms with Crippen molar-refractivity contribution in [1.29, 1.82) is 0 Å². The summed E-state index contributed by atoms with van der Waals surface area (Å²) < 4.78 is 23.3. The molecule has 0 radical (unpaired) electrons. The minimum absolute atomic E-state index is 0.0449. The number of nitrogens with zero attached hydrogens (tertiary/aromatic N) is 1. The van der Waals surface area contributed by atoms with Crippen LogP contribution in [0.3, 0.4) is 0 Å². The summed E-state index contributed by atoms with van der Waals surface area (Å²) in [6.45, 7) is 0. The second-order valence-corrected chi connectivity index (χ2v) is 6.80. The van der Waals surface area contributed by atoms with E-state index in [-0.39, 0.29) is 16.9 Å². The van der Waals surface area contributed by atoms with Gasteiger partial charge in [-0.1, -0.05) is 0 Å². The van der Waals surface area contributed by atoms with Crippen LogP contribution in [0.15, 0.2) is 23.2 Å². The molecule has 0 saturated heterocycles. The molecular formula is C12H16N2O4S.